The molecule has 0 saturated carbocycles. The van der Waals surface area contributed by atoms with E-state index in [-0.39, 0.29) is 11.7 Å². The molecule has 26 heavy (non-hydrogen) atoms. The van der Waals surface area contributed by atoms with Gasteiger partial charge < -0.3 is 4.74 Å². The third kappa shape index (κ3) is 4.96. The van der Waals surface area contributed by atoms with E-state index in [9.17, 15) is 4.39 Å². The van der Waals surface area contributed by atoms with Crippen molar-refractivity contribution < 1.29 is 9.13 Å². The topological polar surface area (TPSA) is 35.0 Å². The van der Waals surface area contributed by atoms with E-state index in [4.69, 9.17) is 16.3 Å². The second-order valence-corrected chi connectivity index (χ2v) is 7.37. The molecule has 0 N–H and O–H groups in total. The van der Waals surface area contributed by atoms with Gasteiger partial charge in [0, 0.05) is 11.8 Å². The van der Waals surface area contributed by atoms with Crippen molar-refractivity contribution in [3.05, 3.63) is 76.7 Å². The molecule has 134 valence electrons. The molecule has 0 aliphatic carbocycles. The lowest BCUT2D eigenvalue weighted by Gasteiger charge is -2.11. The van der Waals surface area contributed by atoms with Crippen LogP contribution in [0.2, 0.25) is 5.02 Å². The monoisotopic (exact) mass is 388 g/mol. The number of aromatic nitrogens is 2. The summed E-state index contributed by atoms with van der Waals surface area (Å²) in [5.74, 6) is 1.65. The third-order valence-electron chi connectivity index (χ3n) is 3.63. The Hall–Kier alpha value is -2.11. The van der Waals surface area contributed by atoms with Crippen molar-refractivity contribution in [2.24, 2.45) is 0 Å². The molecule has 0 saturated heterocycles. The highest BCUT2D eigenvalue weighted by atomic mass is 35.5. The van der Waals surface area contributed by atoms with Crippen LogP contribution >= 0.6 is 23.4 Å². The van der Waals surface area contributed by atoms with Crippen LogP contribution in [0, 0.1) is 5.82 Å². The van der Waals surface area contributed by atoms with Crippen molar-refractivity contribution in [3.63, 3.8) is 0 Å². The average molecular weight is 389 g/mol. The van der Waals surface area contributed by atoms with Gasteiger partial charge in [0.25, 0.3) is 0 Å². The minimum atomic E-state index is -0.243. The molecule has 3 rings (SSSR count). The second kappa shape index (κ2) is 8.52. The SMILES string of the molecule is CC(C)c1cc(Oc2ccccc2Cl)nc(SCc2ccc(F)cc2)n1. The molecule has 6 heteroatoms. The van der Waals surface area contributed by atoms with Crippen LogP contribution in [-0.2, 0) is 5.75 Å². The van der Waals surface area contributed by atoms with Gasteiger partial charge in [-0.25, -0.2) is 9.37 Å². The fraction of sp³-hybridized carbons (Fsp3) is 0.200. The molecule has 0 unspecified atom stereocenters. The maximum absolute atomic E-state index is 13.0. The summed E-state index contributed by atoms with van der Waals surface area (Å²) in [5, 5.41) is 1.14. The summed E-state index contributed by atoms with van der Waals surface area (Å²) in [6.45, 7) is 4.13. The van der Waals surface area contributed by atoms with Gasteiger partial charge in [0.15, 0.2) is 5.16 Å². The Bertz CT molecular complexity index is 887. The molecule has 0 aliphatic rings. The van der Waals surface area contributed by atoms with Gasteiger partial charge in [-0.2, -0.15) is 4.98 Å². The van der Waals surface area contributed by atoms with Crippen LogP contribution in [0.1, 0.15) is 31.0 Å². The molecule has 0 radical (unpaired) electrons. The van der Waals surface area contributed by atoms with Gasteiger partial charge in [0.1, 0.15) is 11.6 Å². The Morgan fingerprint density at radius 2 is 1.81 bits per heavy atom. The van der Waals surface area contributed by atoms with E-state index in [0.717, 1.165) is 11.3 Å². The van der Waals surface area contributed by atoms with Crippen LogP contribution in [0.15, 0.2) is 59.8 Å². The van der Waals surface area contributed by atoms with Crippen molar-refractivity contribution in [1.82, 2.24) is 9.97 Å². The fourth-order valence-corrected chi connectivity index (χ4v) is 3.19. The predicted octanol–water partition coefficient (Wildman–Crippen LogP) is 6.48. The summed E-state index contributed by atoms with van der Waals surface area (Å²) < 4.78 is 18.9. The van der Waals surface area contributed by atoms with Gasteiger partial charge in [0.2, 0.25) is 5.88 Å². The maximum Gasteiger partial charge on any atom is 0.223 e. The summed E-state index contributed by atoms with van der Waals surface area (Å²) in [4.78, 5) is 9.08. The standard InChI is InChI=1S/C20H18ClFN2OS/c1-13(2)17-11-19(25-18-6-4-3-5-16(18)21)24-20(23-17)26-12-14-7-9-15(22)10-8-14/h3-11,13H,12H2,1-2H3. The van der Waals surface area contributed by atoms with Gasteiger partial charge in [-0.3, -0.25) is 0 Å². The highest BCUT2D eigenvalue weighted by molar-refractivity contribution is 7.98. The van der Waals surface area contributed by atoms with Gasteiger partial charge >= 0.3 is 0 Å². The van der Waals surface area contributed by atoms with Crippen molar-refractivity contribution in [1.29, 1.82) is 0 Å². The molecular weight excluding hydrogens is 371 g/mol. The molecule has 2 aromatic carbocycles. The Kier molecular flexibility index (Phi) is 6.12. The second-order valence-electron chi connectivity index (χ2n) is 6.02. The van der Waals surface area contributed by atoms with Crippen LogP contribution < -0.4 is 4.74 Å². The van der Waals surface area contributed by atoms with Gasteiger partial charge in [0.05, 0.1) is 10.7 Å². The molecule has 1 heterocycles. The number of thioether (sulfide) groups is 1. The first kappa shape index (κ1) is 18.7. The molecule has 3 aromatic rings. The van der Waals surface area contributed by atoms with Crippen molar-refractivity contribution in [2.75, 3.05) is 0 Å². The Morgan fingerprint density at radius 1 is 1.08 bits per heavy atom. The maximum atomic E-state index is 13.0. The first-order valence-corrected chi connectivity index (χ1v) is 9.56. The largest absolute Gasteiger partial charge is 0.437 e. The number of ether oxygens (including phenoxy) is 1. The molecule has 0 aliphatic heterocycles. The van der Waals surface area contributed by atoms with Crippen LogP contribution in [0.3, 0.4) is 0 Å². The Balaban J connectivity index is 1.81. The van der Waals surface area contributed by atoms with Gasteiger partial charge in [-0.05, 0) is 35.7 Å². The molecule has 0 amide bonds. The van der Waals surface area contributed by atoms with E-state index in [0.29, 0.717) is 27.6 Å². The highest BCUT2D eigenvalue weighted by Crippen LogP contribution is 2.31. The van der Waals surface area contributed by atoms with Crippen LogP contribution in [-0.4, -0.2) is 9.97 Å². The molecule has 3 nitrogen and oxygen atoms in total. The molecule has 1 aromatic heterocycles. The zero-order chi connectivity index (χ0) is 18.5. The molecular formula is C20H18ClFN2OS. The smallest absolute Gasteiger partial charge is 0.223 e. The average Bonchev–Trinajstić information content (AvgIpc) is 2.63. The van der Waals surface area contributed by atoms with E-state index in [1.165, 1.54) is 23.9 Å². The number of benzene rings is 2. The molecule has 0 spiro atoms. The van der Waals surface area contributed by atoms with E-state index in [1.807, 2.05) is 18.2 Å². The number of hydrogen-bond donors (Lipinski definition) is 0. The Morgan fingerprint density at radius 3 is 2.50 bits per heavy atom. The summed E-state index contributed by atoms with van der Waals surface area (Å²) in [6.07, 6.45) is 0. The lowest BCUT2D eigenvalue weighted by atomic mass is 10.1. The first-order chi connectivity index (χ1) is 12.5. The zero-order valence-electron chi connectivity index (χ0n) is 14.4. The minimum absolute atomic E-state index is 0.233. The van der Waals surface area contributed by atoms with Gasteiger partial charge in [-0.15, -0.1) is 0 Å². The molecule has 0 atom stereocenters. The number of halogens is 2. The molecule has 0 fully saturated rings. The van der Waals surface area contributed by atoms with Crippen LogP contribution in [0.5, 0.6) is 11.6 Å². The summed E-state index contributed by atoms with van der Waals surface area (Å²) >= 11 is 7.65. The predicted molar refractivity (Wildman–Crippen MR) is 104 cm³/mol. The minimum Gasteiger partial charge on any atom is -0.437 e. The van der Waals surface area contributed by atoms with Crippen molar-refractivity contribution in [3.8, 4) is 11.6 Å². The number of para-hydroxylation sites is 1. The highest BCUT2D eigenvalue weighted by Gasteiger charge is 2.11. The summed E-state index contributed by atoms with van der Waals surface area (Å²) in [5.41, 5.74) is 1.90. The first-order valence-electron chi connectivity index (χ1n) is 8.20. The lowest BCUT2D eigenvalue weighted by Crippen LogP contribution is -2.00. The third-order valence-corrected chi connectivity index (χ3v) is 4.86. The van der Waals surface area contributed by atoms with E-state index in [1.54, 1.807) is 24.3 Å². The van der Waals surface area contributed by atoms with E-state index >= 15 is 0 Å². The van der Waals surface area contributed by atoms with E-state index in [2.05, 4.69) is 23.8 Å². The zero-order valence-corrected chi connectivity index (χ0v) is 16.0. The summed E-state index contributed by atoms with van der Waals surface area (Å²) in [7, 11) is 0. The van der Waals surface area contributed by atoms with Gasteiger partial charge in [-0.1, -0.05) is 61.5 Å². The van der Waals surface area contributed by atoms with Crippen LogP contribution in [0.4, 0.5) is 4.39 Å². The molecule has 0 bridgehead atoms. The number of rotatable bonds is 6. The normalized spacial score (nSPS) is 11.0. The van der Waals surface area contributed by atoms with E-state index < -0.39 is 0 Å². The van der Waals surface area contributed by atoms with Crippen molar-refractivity contribution in [2.45, 2.75) is 30.7 Å². The fourth-order valence-electron chi connectivity index (χ4n) is 2.20. The number of hydrogen-bond acceptors (Lipinski definition) is 4. The number of nitrogens with zero attached hydrogens (tertiary/aromatic N) is 2. The summed E-state index contributed by atoms with van der Waals surface area (Å²) in [6, 6.07) is 15.5. The Labute approximate surface area is 161 Å². The van der Waals surface area contributed by atoms with Crippen molar-refractivity contribution >= 4 is 23.4 Å². The quantitative estimate of drug-likeness (QED) is 0.357. The lowest BCUT2D eigenvalue weighted by molar-refractivity contribution is 0.453. The van der Waals surface area contributed by atoms with Crippen LogP contribution in [0.25, 0.3) is 0 Å².